The second kappa shape index (κ2) is 6.34. The van der Waals surface area contributed by atoms with Crippen LogP contribution in [0.25, 0.3) is 16.6 Å². The molecule has 1 N–H and O–H groups in total. The van der Waals surface area contributed by atoms with E-state index in [1.807, 2.05) is 0 Å². The van der Waals surface area contributed by atoms with Crippen LogP contribution in [0, 0.1) is 6.92 Å². The number of aryl methyl sites for hydroxylation is 1. The third kappa shape index (κ3) is 2.61. The average Bonchev–Trinajstić information content (AvgIpc) is 3.12. The molecule has 9 nitrogen and oxygen atoms in total. The first-order valence-corrected chi connectivity index (χ1v) is 9.69. The Kier molecular flexibility index (Phi) is 4.07. The third-order valence-corrected chi connectivity index (χ3v) is 6.28. The zero-order valence-electron chi connectivity index (χ0n) is 15.3. The van der Waals surface area contributed by atoms with Crippen LogP contribution in [-0.4, -0.2) is 42.4 Å². The van der Waals surface area contributed by atoms with E-state index in [4.69, 9.17) is 9.47 Å². The molecule has 0 saturated carbocycles. The Labute approximate surface area is 159 Å². The third-order valence-electron chi connectivity index (χ3n) is 4.46. The maximum absolute atomic E-state index is 13.2. The van der Waals surface area contributed by atoms with Gasteiger partial charge in [-0.3, -0.25) is 4.79 Å². The Bertz CT molecular complexity index is 1390. The maximum atomic E-state index is 13.2. The Morgan fingerprint density at radius 2 is 1.71 bits per heavy atom. The monoisotopic (exact) mass is 400 g/mol. The molecule has 4 rings (SSSR count). The fourth-order valence-corrected chi connectivity index (χ4v) is 4.53. The Hall–Kier alpha value is -3.40. The predicted molar refractivity (Wildman–Crippen MR) is 101 cm³/mol. The van der Waals surface area contributed by atoms with Gasteiger partial charge in [0.25, 0.3) is 5.56 Å². The highest BCUT2D eigenvalue weighted by molar-refractivity contribution is 7.91. The van der Waals surface area contributed by atoms with Gasteiger partial charge in [0.2, 0.25) is 14.9 Å². The Morgan fingerprint density at radius 1 is 1.04 bits per heavy atom. The van der Waals surface area contributed by atoms with Crippen LogP contribution in [0.5, 0.6) is 11.5 Å². The molecular weight excluding hydrogens is 384 g/mol. The SMILES string of the molecule is COc1ccc(S(=O)(=O)c2n[nH]n3c2nc(=O)c2ccc(OC)cc23)c(C)c1. The molecule has 28 heavy (non-hydrogen) atoms. The van der Waals surface area contributed by atoms with Crippen molar-refractivity contribution in [2.24, 2.45) is 0 Å². The predicted octanol–water partition coefficient (Wildman–Crippen LogP) is 1.73. The van der Waals surface area contributed by atoms with Gasteiger partial charge in [0.05, 0.1) is 30.0 Å². The molecule has 0 unspecified atom stereocenters. The van der Waals surface area contributed by atoms with Crippen LogP contribution in [-0.2, 0) is 9.84 Å². The molecular formula is C18H16N4O5S. The zero-order valence-corrected chi connectivity index (χ0v) is 16.1. The van der Waals surface area contributed by atoms with E-state index in [0.29, 0.717) is 28.0 Å². The van der Waals surface area contributed by atoms with Gasteiger partial charge in [0.15, 0.2) is 5.65 Å². The lowest BCUT2D eigenvalue weighted by Crippen LogP contribution is -2.12. The summed E-state index contributed by atoms with van der Waals surface area (Å²) in [5.41, 5.74) is 0.267. The number of sulfone groups is 1. The molecule has 0 saturated heterocycles. The van der Waals surface area contributed by atoms with Crippen LogP contribution in [0.4, 0.5) is 0 Å². The van der Waals surface area contributed by atoms with Crippen LogP contribution >= 0.6 is 0 Å². The van der Waals surface area contributed by atoms with Crippen molar-refractivity contribution in [1.82, 2.24) is 19.8 Å². The molecule has 0 atom stereocenters. The lowest BCUT2D eigenvalue weighted by Gasteiger charge is -2.08. The molecule has 0 radical (unpaired) electrons. The number of aromatic amines is 1. The summed E-state index contributed by atoms with van der Waals surface area (Å²) in [6.07, 6.45) is 0. The second-order valence-electron chi connectivity index (χ2n) is 6.11. The van der Waals surface area contributed by atoms with Crippen LogP contribution in [0.15, 0.2) is 51.1 Å². The van der Waals surface area contributed by atoms with E-state index in [1.54, 1.807) is 37.3 Å². The molecule has 0 aliphatic rings. The van der Waals surface area contributed by atoms with Crippen LogP contribution in [0.2, 0.25) is 0 Å². The minimum absolute atomic E-state index is 0.0577. The van der Waals surface area contributed by atoms with Crippen molar-refractivity contribution >= 4 is 26.4 Å². The summed E-state index contributed by atoms with van der Waals surface area (Å²) in [6, 6.07) is 9.41. The number of fused-ring (bicyclic) bond motifs is 3. The Balaban J connectivity index is 2.01. The largest absolute Gasteiger partial charge is 0.497 e. The van der Waals surface area contributed by atoms with Crippen molar-refractivity contribution < 1.29 is 17.9 Å². The van der Waals surface area contributed by atoms with E-state index in [9.17, 15) is 13.2 Å². The molecule has 4 aromatic rings. The van der Waals surface area contributed by atoms with Gasteiger partial charge in [0, 0.05) is 6.07 Å². The Morgan fingerprint density at radius 3 is 2.39 bits per heavy atom. The van der Waals surface area contributed by atoms with E-state index in [2.05, 4.69) is 15.3 Å². The number of H-pyrrole nitrogens is 1. The quantitative estimate of drug-likeness (QED) is 0.554. The molecule has 0 aliphatic heterocycles. The van der Waals surface area contributed by atoms with Gasteiger partial charge in [-0.25, -0.2) is 18.1 Å². The van der Waals surface area contributed by atoms with E-state index in [-0.39, 0.29) is 15.6 Å². The molecule has 10 heteroatoms. The molecule has 0 spiro atoms. The first-order chi connectivity index (χ1) is 13.4. The maximum Gasteiger partial charge on any atom is 0.281 e. The van der Waals surface area contributed by atoms with Gasteiger partial charge >= 0.3 is 0 Å². The van der Waals surface area contributed by atoms with Crippen LogP contribution < -0.4 is 15.0 Å². The summed E-state index contributed by atoms with van der Waals surface area (Å²) in [5.74, 6) is 1.05. The highest BCUT2D eigenvalue weighted by Crippen LogP contribution is 2.28. The van der Waals surface area contributed by atoms with Crippen molar-refractivity contribution in [2.45, 2.75) is 16.8 Å². The fourth-order valence-electron chi connectivity index (χ4n) is 3.05. The average molecular weight is 400 g/mol. The number of methoxy groups -OCH3 is 2. The summed E-state index contributed by atoms with van der Waals surface area (Å²) in [4.78, 5) is 16.4. The summed E-state index contributed by atoms with van der Waals surface area (Å²) < 4.78 is 38.1. The molecule has 144 valence electrons. The van der Waals surface area contributed by atoms with Crippen molar-refractivity contribution in [3.8, 4) is 11.5 Å². The summed E-state index contributed by atoms with van der Waals surface area (Å²) in [6.45, 7) is 1.66. The summed E-state index contributed by atoms with van der Waals surface area (Å²) in [7, 11) is -1.03. The molecule has 0 fully saturated rings. The topological polar surface area (TPSA) is 116 Å². The number of ether oxygens (including phenoxy) is 2. The van der Waals surface area contributed by atoms with Crippen molar-refractivity contribution in [1.29, 1.82) is 0 Å². The van der Waals surface area contributed by atoms with Crippen molar-refractivity contribution in [2.75, 3.05) is 14.2 Å². The second-order valence-corrected chi connectivity index (χ2v) is 7.94. The van der Waals surface area contributed by atoms with Gasteiger partial charge in [-0.05, 0) is 42.8 Å². The van der Waals surface area contributed by atoms with Gasteiger partial charge in [-0.15, -0.1) is 5.10 Å². The number of hydrogen-bond donors (Lipinski definition) is 1. The standard InChI is InChI=1S/C18H16N4O5S/c1-10-8-11(26-2)5-7-15(10)28(24,25)18-16-19-17(23)13-6-4-12(27-3)9-14(13)22(16)21-20-18/h4-9,21H,1-3H3. The zero-order chi connectivity index (χ0) is 20.1. The summed E-state index contributed by atoms with van der Waals surface area (Å²) in [5, 5.41) is 6.56. The molecule has 0 aliphatic carbocycles. The smallest absolute Gasteiger partial charge is 0.281 e. The fraction of sp³-hybridized carbons (Fsp3) is 0.167. The van der Waals surface area contributed by atoms with Crippen LogP contribution in [0.3, 0.4) is 0 Å². The summed E-state index contributed by atoms with van der Waals surface area (Å²) >= 11 is 0. The van der Waals surface area contributed by atoms with Crippen molar-refractivity contribution in [3.05, 3.63) is 52.3 Å². The normalized spacial score (nSPS) is 11.8. The first-order valence-electron chi connectivity index (χ1n) is 8.21. The molecule has 2 aromatic carbocycles. The number of hydrogen-bond acceptors (Lipinski definition) is 7. The van der Waals surface area contributed by atoms with Gasteiger partial charge in [0.1, 0.15) is 11.5 Å². The number of aromatic nitrogens is 4. The van der Waals surface area contributed by atoms with E-state index < -0.39 is 15.4 Å². The van der Waals surface area contributed by atoms with Gasteiger partial charge < -0.3 is 9.47 Å². The van der Waals surface area contributed by atoms with Crippen molar-refractivity contribution in [3.63, 3.8) is 0 Å². The van der Waals surface area contributed by atoms with E-state index >= 15 is 0 Å². The minimum Gasteiger partial charge on any atom is -0.497 e. The first kappa shape index (κ1) is 18.0. The number of benzene rings is 2. The van der Waals surface area contributed by atoms with Gasteiger partial charge in [-0.1, -0.05) is 0 Å². The van der Waals surface area contributed by atoms with E-state index in [0.717, 1.165) is 0 Å². The molecule has 0 bridgehead atoms. The molecule has 2 aromatic heterocycles. The lowest BCUT2D eigenvalue weighted by molar-refractivity contribution is 0.414. The van der Waals surface area contributed by atoms with E-state index in [1.165, 1.54) is 24.8 Å². The molecule has 0 amide bonds. The highest BCUT2D eigenvalue weighted by atomic mass is 32.2. The lowest BCUT2D eigenvalue weighted by atomic mass is 10.2. The minimum atomic E-state index is -4.03. The van der Waals surface area contributed by atoms with Crippen LogP contribution in [0.1, 0.15) is 5.56 Å². The number of rotatable bonds is 4. The highest BCUT2D eigenvalue weighted by Gasteiger charge is 2.28. The number of nitrogens with zero attached hydrogens (tertiary/aromatic N) is 3. The number of nitrogens with one attached hydrogen (secondary N) is 1. The molecule has 2 heterocycles. The van der Waals surface area contributed by atoms with Gasteiger partial charge in [-0.2, -0.15) is 4.98 Å².